The summed E-state index contributed by atoms with van der Waals surface area (Å²) in [6.45, 7) is 1.60. The fourth-order valence-electron chi connectivity index (χ4n) is 4.24. The molecule has 31 heavy (non-hydrogen) atoms. The Kier molecular flexibility index (Phi) is 4.74. The number of hydrogen-bond donors (Lipinski definition) is 1. The van der Waals surface area contributed by atoms with E-state index in [4.69, 9.17) is 15.2 Å². The van der Waals surface area contributed by atoms with E-state index < -0.39 is 23.1 Å². The number of esters is 1. The van der Waals surface area contributed by atoms with Crippen molar-refractivity contribution in [1.82, 2.24) is 0 Å². The quantitative estimate of drug-likeness (QED) is 0.767. The summed E-state index contributed by atoms with van der Waals surface area (Å²) in [5.74, 6) is -1.91. The number of nitrogens with two attached hydrogens (primary N) is 1. The monoisotopic (exact) mass is 419 g/mol. The van der Waals surface area contributed by atoms with E-state index in [-0.39, 0.29) is 29.3 Å². The first-order chi connectivity index (χ1) is 14.9. The molecule has 0 radical (unpaired) electrons. The highest BCUT2D eigenvalue weighted by atomic mass is 19.1. The van der Waals surface area contributed by atoms with Crippen molar-refractivity contribution in [3.63, 3.8) is 0 Å². The van der Waals surface area contributed by atoms with Crippen molar-refractivity contribution < 1.29 is 23.5 Å². The number of rotatable bonds is 3. The van der Waals surface area contributed by atoms with Gasteiger partial charge in [0.05, 0.1) is 13.7 Å². The normalized spacial score (nSPS) is 19.9. The highest BCUT2D eigenvalue weighted by Gasteiger charge is 2.62. The molecule has 0 aromatic heterocycles. The number of fused-ring (bicyclic) bond motifs is 2. The lowest BCUT2D eigenvalue weighted by molar-refractivity contribution is -0.138. The third-order valence-electron chi connectivity index (χ3n) is 5.53. The lowest BCUT2D eigenvalue weighted by atomic mass is 9.68. The number of halogens is 1. The Morgan fingerprint density at radius 3 is 2.58 bits per heavy atom. The number of carbonyl (C=O) groups is 2. The Morgan fingerprint density at radius 2 is 1.94 bits per heavy atom. The van der Waals surface area contributed by atoms with E-state index in [1.54, 1.807) is 36.4 Å². The van der Waals surface area contributed by atoms with Crippen LogP contribution in [0.25, 0.3) is 0 Å². The minimum Gasteiger partial charge on any atom is -0.466 e. The summed E-state index contributed by atoms with van der Waals surface area (Å²) in [4.78, 5) is 28.3. The highest BCUT2D eigenvalue weighted by Crippen LogP contribution is 2.54. The number of allylic oxidation sites excluding steroid dienone is 1. The molecule has 1 atom stereocenters. The molecule has 1 amide bonds. The summed E-state index contributed by atoms with van der Waals surface area (Å²) < 4.78 is 23.7. The van der Waals surface area contributed by atoms with E-state index >= 15 is 0 Å². The van der Waals surface area contributed by atoms with Gasteiger partial charge in [0.25, 0.3) is 0 Å². The fourth-order valence-corrected chi connectivity index (χ4v) is 4.24. The van der Waals surface area contributed by atoms with Gasteiger partial charge in [-0.1, -0.05) is 30.3 Å². The molecule has 2 aliphatic heterocycles. The molecular formula is C23H18FN3O4. The second-order valence-corrected chi connectivity index (χ2v) is 7.16. The number of carbonyl (C=O) groups excluding carboxylic acids is 2. The molecule has 0 bridgehead atoms. The molecule has 4 rings (SSSR count). The van der Waals surface area contributed by atoms with Crippen molar-refractivity contribution in [2.75, 3.05) is 12.0 Å². The molecule has 1 spiro atoms. The molecule has 2 aromatic carbocycles. The van der Waals surface area contributed by atoms with Gasteiger partial charge < -0.3 is 20.1 Å². The van der Waals surface area contributed by atoms with Crippen molar-refractivity contribution in [3.05, 3.63) is 88.3 Å². The second kappa shape index (κ2) is 7.29. The van der Waals surface area contributed by atoms with Crippen molar-refractivity contribution >= 4 is 17.6 Å². The van der Waals surface area contributed by atoms with Gasteiger partial charge in [-0.15, -0.1) is 0 Å². The van der Waals surface area contributed by atoms with Gasteiger partial charge in [0.1, 0.15) is 28.8 Å². The van der Waals surface area contributed by atoms with Crippen LogP contribution in [-0.2, 0) is 31.0 Å². The predicted molar refractivity (Wildman–Crippen MR) is 108 cm³/mol. The van der Waals surface area contributed by atoms with Crippen LogP contribution in [0.4, 0.5) is 10.1 Å². The zero-order valence-corrected chi connectivity index (χ0v) is 16.8. The maximum atomic E-state index is 14.0. The van der Waals surface area contributed by atoms with E-state index in [1.165, 1.54) is 31.1 Å². The maximum Gasteiger partial charge on any atom is 0.339 e. The Bertz CT molecular complexity index is 1210. The first-order valence-corrected chi connectivity index (χ1v) is 9.40. The highest BCUT2D eigenvalue weighted by molar-refractivity contribution is 6.18. The van der Waals surface area contributed by atoms with Gasteiger partial charge >= 0.3 is 5.97 Å². The maximum absolute atomic E-state index is 14.0. The average Bonchev–Trinajstić information content (AvgIpc) is 2.99. The number of methoxy groups -OCH3 is 1. The summed E-state index contributed by atoms with van der Waals surface area (Å²) in [7, 11) is 1.19. The lowest BCUT2D eigenvalue weighted by Gasteiger charge is -2.34. The lowest BCUT2D eigenvalue weighted by Crippen LogP contribution is -2.48. The predicted octanol–water partition coefficient (Wildman–Crippen LogP) is 2.78. The summed E-state index contributed by atoms with van der Waals surface area (Å²) in [6.07, 6.45) is 0. The van der Waals surface area contributed by atoms with Gasteiger partial charge in [-0.3, -0.25) is 4.79 Å². The van der Waals surface area contributed by atoms with Crippen molar-refractivity contribution in [1.29, 1.82) is 5.26 Å². The van der Waals surface area contributed by atoms with Gasteiger partial charge in [0.15, 0.2) is 5.41 Å². The second-order valence-electron chi connectivity index (χ2n) is 7.16. The molecule has 0 unspecified atom stereocenters. The molecule has 156 valence electrons. The van der Waals surface area contributed by atoms with Gasteiger partial charge in [-0.25, -0.2) is 9.18 Å². The standard InChI is InChI=1S/C23H18FN3O4/c1-13-19(21(28)30-2)23(17(11-25)20(26)31-13)16-5-3-4-6-18(16)27(22(23)29)12-14-7-9-15(24)10-8-14/h3-10H,12,26H2,1-2H3/t23-/m1/s1. The number of hydrogen-bond acceptors (Lipinski definition) is 6. The first kappa shape index (κ1) is 20.2. The van der Waals surface area contributed by atoms with Crippen molar-refractivity contribution in [2.24, 2.45) is 5.73 Å². The van der Waals surface area contributed by atoms with E-state index in [0.717, 1.165) is 0 Å². The smallest absolute Gasteiger partial charge is 0.339 e. The van der Waals surface area contributed by atoms with Crippen molar-refractivity contribution in [3.8, 4) is 6.07 Å². The largest absolute Gasteiger partial charge is 0.466 e. The molecule has 0 saturated carbocycles. The number of nitriles is 1. The molecule has 0 saturated heterocycles. The van der Waals surface area contributed by atoms with Crippen LogP contribution in [0.1, 0.15) is 18.1 Å². The van der Waals surface area contributed by atoms with Gasteiger partial charge in [0.2, 0.25) is 11.8 Å². The minimum absolute atomic E-state index is 0.0788. The molecular weight excluding hydrogens is 401 g/mol. The summed E-state index contributed by atoms with van der Waals surface area (Å²) >= 11 is 0. The Morgan fingerprint density at radius 1 is 1.26 bits per heavy atom. The minimum atomic E-state index is -1.80. The molecule has 0 aliphatic carbocycles. The molecule has 2 aliphatic rings. The van der Waals surface area contributed by atoms with Crippen LogP contribution in [0.2, 0.25) is 0 Å². The van der Waals surface area contributed by atoms with E-state index in [2.05, 4.69) is 0 Å². The number of para-hydroxylation sites is 1. The SMILES string of the molecule is COC(=O)C1=C(C)OC(N)=C(C#N)[C@@]12C(=O)N(Cc1ccc(F)cc1)c1ccccc12. The summed E-state index contributed by atoms with van der Waals surface area (Å²) in [5, 5.41) is 9.94. The summed E-state index contributed by atoms with van der Waals surface area (Å²) in [6, 6.07) is 14.5. The Labute approximate surface area is 177 Å². The molecule has 2 heterocycles. The van der Waals surface area contributed by atoms with Crippen LogP contribution in [0.15, 0.2) is 71.3 Å². The number of anilines is 1. The zero-order chi connectivity index (χ0) is 22.3. The van der Waals surface area contributed by atoms with Crippen LogP contribution in [0, 0.1) is 17.1 Å². The fraction of sp³-hybridized carbons (Fsp3) is 0.174. The Hall–Kier alpha value is -4.12. The Balaban J connectivity index is 1.99. The first-order valence-electron chi connectivity index (χ1n) is 9.40. The van der Waals surface area contributed by atoms with Crippen LogP contribution >= 0.6 is 0 Å². The van der Waals surface area contributed by atoms with Crippen molar-refractivity contribution in [2.45, 2.75) is 18.9 Å². The van der Waals surface area contributed by atoms with E-state index in [9.17, 15) is 19.2 Å². The van der Waals surface area contributed by atoms with Crippen LogP contribution in [0.5, 0.6) is 0 Å². The van der Waals surface area contributed by atoms with Gasteiger partial charge in [-0.2, -0.15) is 5.26 Å². The number of nitrogens with zero attached hydrogens (tertiary/aromatic N) is 2. The molecule has 8 heteroatoms. The van der Waals surface area contributed by atoms with E-state index in [0.29, 0.717) is 16.8 Å². The molecule has 0 fully saturated rings. The van der Waals surface area contributed by atoms with Crippen LogP contribution in [0.3, 0.4) is 0 Å². The number of benzene rings is 2. The van der Waals surface area contributed by atoms with E-state index in [1.807, 2.05) is 6.07 Å². The zero-order valence-electron chi connectivity index (χ0n) is 16.8. The molecule has 7 nitrogen and oxygen atoms in total. The number of ether oxygens (including phenoxy) is 2. The van der Waals surface area contributed by atoms with Gasteiger partial charge in [0, 0.05) is 11.3 Å². The van der Waals surface area contributed by atoms with Gasteiger partial charge in [-0.05, 0) is 30.7 Å². The third kappa shape index (κ3) is 2.78. The average molecular weight is 419 g/mol. The van der Waals surface area contributed by atoms with Crippen LogP contribution < -0.4 is 10.6 Å². The molecule has 2 aromatic rings. The number of amides is 1. The van der Waals surface area contributed by atoms with Crippen LogP contribution in [-0.4, -0.2) is 19.0 Å². The summed E-state index contributed by atoms with van der Waals surface area (Å²) in [5.41, 5.74) is 5.53. The molecule has 2 N–H and O–H groups in total. The topological polar surface area (TPSA) is 106 Å². The third-order valence-corrected chi connectivity index (χ3v) is 5.53.